The molecule has 0 spiro atoms. The summed E-state index contributed by atoms with van der Waals surface area (Å²) in [5.74, 6) is 1.75. The van der Waals surface area contributed by atoms with Gasteiger partial charge in [-0.3, -0.25) is 4.79 Å². The zero-order chi connectivity index (χ0) is 18.6. The van der Waals surface area contributed by atoms with Crippen LogP contribution in [-0.2, 0) is 4.74 Å². The van der Waals surface area contributed by atoms with E-state index in [9.17, 15) is 4.79 Å². The number of nitrogens with zero attached hydrogens (tertiary/aromatic N) is 1. The number of hydrogen-bond acceptors (Lipinski definition) is 5. The van der Waals surface area contributed by atoms with Crippen molar-refractivity contribution in [2.24, 2.45) is 4.99 Å². The van der Waals surface area contributed by atoms with Crippen LogP contribution in [0.3, 0.4) is 0 Å². The molecule has 1 aliphatic heterocycles. The van der Waals surface area contributed by atoms with E-state index >= 15 is 0 Å². The molecule has 1 aromatic heterocycles. The van der Waals surface area contributed by atoms with Crippen molar-refractivity contribution >= 4 is 23.0 Å². The second kappa shape index (κ2) is 8.04. The summed E-state index contributed by atoms with van der Waals surface area (Å²) in [6.07, 6.45) is 2.28. The number of benzene rings is 1. The number of ketones is 1. The lowest BCUT2D eigenvalue weighted by Crippen LogP contribution is -2.17. The molecule has 0 saturated heterocycles. The van der Waals surface area contributed by atoms with E-state index in [0.717, 1.165) is 29.0 Å². The van der Waals surface area contributed by atoms with E-state index in [0.29, 0.717) is 25.5 Å². The highest BCUT2D eigenvalue weighted by molar-refractivity contribution is 7.14. The molecule has 4 nitrogen and oxygen atoms in total. The van der Waals surface area contributed by atoms with Gasteiger partial charge in [0.15, 0.2) is 5.78 Å². The van der Waals surface area contributed by atoms with Crippen LogP contribution in [0.25, 0.3) is 0 Å². The van der Waals surface area contributed by atoms with Crippen LogP contribution in [0.15, 0.2) is 41.4 Å². The summed E-state index contributed by atoms with van der Waals surface area (Å²) < 4.78 is 11.4. The molecule has 1 aliphatic rings. The predicted octanol–water partition coefficient (Wildman–Crippen LogP) is 5.04. The lowest BCUT2D eigenvalue weighted by molar-refractivity contribution is 0.0981. The van der Waals surface area contributed by atoms with Gasteiger partial charge in [-0.2, -0.15) is 0 Å². The average Bonchev–Trinajstić information content (AvgIpc) is 3.20. The second-order valence-electron chi connectivity index (χ2n) is 7.18. The van der Waals surface area contributed by atoms with Crippen LogP contribution < -0.4 is 4.74 Å². The van der Waals surface area contributed by atoms with Crippen molar-refractivity contribution in [1.29, 1.82) is 0 Å². The van der Waals surface area contributed by atoms with Gasteiger partial charge in [0.05, 0.1) is 17.0 Å². The third kappa shape index (κ3) is 4.94. The molecule has 0 N–H and O–H groups in total. The van der Waals surface area contributed by atoms with Gasteiger partial charge < -0.3 is 9.47 Å². The van der Waals surface area contributed by atoms with Gasteiger partial charge in [0.1, 0.15) is 12.4 Å². The molecule has 0 saturated carbocycles. The first-order valence-corrected chi connectivity index (χ1v) is 9.80. The van der Waals surface area contributed by atoms with E-state index < -0.39 is 0 Å². The van der Waals surface area contributed by atoms with Gasteiger partial charge in [-0.15, -0.1) is 11.3 Å². The van der Waals surface area contributed by atoms with Crippen molar-refractivity contribution in [3.63, 3.8) is 0 Å². The van der Waals surface area contributed by atoms with Crippen molar-refractivity contribution in [2.45, 2.75) is 45.6 Å². The van der Waals surface area contributed by atoms with Crippen LogP contribution in [0.1, 0.15) is 53.2 Å². The van der Waals surface area contributed by atoms with Crippen molar-refractivity contribution in [1.82, 2.24) is 0 Å². The Kier molecular flexibility index (Phi) is 5.77. The highest BCUT2D eigenvalue weighted by Crippen LogP contribution is 2.22. The molecule has 2 heterocycles. The molecule has 0 aliphatic carbocycles. The SMILES string of the molecule is Cc1ccc(C(=O)CCCCOc2ccc(C3=NC(C)(C)CO3)cc2)s1. The molecule has 0 bridgehead atoms. The molecule has 1 aromatic carbocycles. The largest absolute Gasteiger partial charge is 0.494 e. The highest BCUT2D eigenvalue weighted by Gasteiger charge is 2.26. The topological polar surface area (TPSA) is 47.9 Å². The van der Waals surface area contributed by atoms with Crippen molar-refractivity contribution in [3.05, 3.63) is 51.7 Å². The Hall–Kier alpha value is -2.14. The molecule has 3 rings (SSSR count). The van der Waals surface area contributed by atoms with E-state index in [1.807, 2.05) is 43.3 Å². The Morgan fingerprint density at radius 3 is 2.58 bits per heavy atom. The molecule has 0 radical (unpaired) electrons. The normalized spacial score (nSPS) is 15.4. The summed E-state index contributed by atoms with van der Waals surface area (Å²) in [5, 5.41) is 0. The smallest absolute Gasteiger partial charge is 0.216 e. The maximum Gasteiger partial charge on any atom is 0.216 e. The minimum absolute atomic E-state index is 0.149. The molecule has 26 heavy (non-hydrogen) atoms. The molecule has 0 amide bonds. The Bertz CT molecular complexity index is 790. The number of thiophene rings is 1. The fourth-order valence-electron chi connectivity index (χ4n) is 2.71. The fourth-order valence-corrected chi connectivity index (χ4v) is 3.55. The Labute approximate surface area is 158 Å². The van der Waals surface area contributed by atoms with E-state index in [1.165, 1.54) is 4.88 Å². The number of Topliss-reactive ketones (excluding diaryl/α,β-unsaturated/α-hetero) is 1. The maximum atomic E-state index is 12.0. The van der Waals surface area contributed by atoms with Crippen LogP contribution in [0.5, 0.6) is 5.75 Å². The van der Waals surface area contributed by atoms with Crippen molar-refractivity contribution in [3.8, 4) is 5.75 Å². The van der Waals surface area contributed by atoms with Crippen LogP contribution in [0.4, 0.5) is 0 Å². The number of carbonyl (C=O) groups excluding carboxylic acids is 1. The number of carbonyl (C=O) groups is 1. The van der Waals surface area contributed by atoms with Gasteiger partial charge >= 0.3 is 0 Å². The van der Waals surface area contributed by atoms with Gasteiger partial charge in [-0.05, 0) is 70.0 Å². The van der Waals surface area contributed by atoms with Crippen LogP contribution >= 0.6 is 11.3 Å². The maximum absolute atomic E-state index is 12.0. The van der Waals surface area contributed by atoms with Crippen LogP contribution in [-0.4, -0.2) is 30.4 Å². The summed E-state index contributed by atoms with van der Waals surface area (Å²) in [5.41, 5.74) is 0.823. The average molecular weight is 372 g/mol. The second-order valence-corrected chi connectivity index (χ2v) is 8.47. The third-order valence-electron chi connectivity index (χ3n) is 4.15. The van der Waals surface area contributed by atoms with Gasteiger partial charge in [0, 0.05) is 16.9 Å². The summed E-state index contributed by atoms with van der Waals surface area (Å²) >= 11 is 1.57. The predicted molar refractivity (Wildman–Crippen MR) is 106 cm³/mol. The zero-order valence-electron chi connectivity index (χ0n) is 15.6. The summed E-state index contributed by atoms with van der Waals surface area (Å²) in [7, 11) is 0. The molecule has 0 unspecified atom stereocenters. The first-order valence-electron chi connectivity index (χ1n) is 8.98. The minimum atomic E-state index is -0.149. The molecule has 0 fully saturated rings. The van der Waals surface area contributed by atoms with Crippen LogP contribution in [0, 0.1) is 6.92 Å². The van der Waals surface area contributed by atoms with Crippen LogP contribution in [0.2, 0.25) is 0 Å². The summed E-state index contributed by atoms with van der Waals surface area (Å²) in [6, 6.07) is 11.7. The molecule has 5 heteroatoms. The Morgan fingerprint density at radius 1 is 1.19 bits per heavy atom. The molecule has 138 valence electrons. The lowest BCUT2D eigenvalue weighted by Gasteiger charge is -2.07. The standard InChI is InChI=1S/C21H25NO3S/c1-15-7-12-19(26-15)18(23)6-4-5-13-24-17-10-8-16(9-11-17)20-22-21(2,3)14-25-20/h7-12H,4-6,13-14H2,1-3H3. The number of aliphatic imine (C=N–C) groups is 1. The van der Waals surface area contributed by atoms with Gasteiger partial charge in [-0.25, -0.2) is 4.99 Å². The Balaban J connectivity index is 1.39. The van der Waals surface area contributed by atoms with Crippen molar-refractivity contribution < 1.29 is 14.3 Å². The highest BCUT2D eigenvalue weighted by atomic mass is 32.1. The van der Waals surface area contributed by atoms with E-state index in [2.05, 4.69) is 18.8 Å². The van der Waals surface area contributed by atoms with E-state index in [4.69, 9.17) is 9.47 Å². The molecule has 0 atom stereocenters. The number of ether oxygens (including phenoxy) is 2. The molecular formula is C21H25NO3S. The van der Waals surface area contributed by atoms with Gasteiger partial charge in [-0.1, -0.05) is 0 Å². The van der Waals surface area contributed by atoms with Gasteiger partial charge in [0.2, 0.25) is 5.90 Å². The van der Waals surface area contributed by atoms with Crippen molar-refractivity contribution in [2.75, 3.05) is 13.2 Å². The fraction of sp³-hybridized carbons (Fsp3) is 0.429. The minimum Gasteiger partial charge on any atom is -0.494 e. The zero-order valence-corrected chi connectivity index (χ0v) is 16.4. The first-order chi connectivity index (χ1) is 12.4. The number of aryl methyl sites for hydroxylation is 1. The van der Waals surface area contributed by atoms with Gasteiger partial charge in [0.25, 0.3) is 0 Å². The quantitative estimate of drug-likeness (QED) is 0.482. The molecule has 2 aromatic rings. The first kappa shape index (κ1) is 18.6. The monoisotopic (exact) mass is 371 g/mol. The number of hydrogen-bond donors (Lipinski definition) is 0. The lowest BCUT2D eigenvalue weighted by atomic mass is 10.1. The Morgan fingerprint density at radius 2 is 1.96 bits per heavy atom. The number of unbranched alkanes of at least 4 members (excludes halogenated alkanes) is 1. The summed E-state index contributed by atoms with van der Waals surface area (Å²) in [4.78, 5) is 18.7. The number of rotatable bonds is 8. The van der Waals surface area contributed by atoms with E-state index in [-0.39, 0.29) is 11.3 Å². The molecular weight excluding hydrogens is 346 g/mol. The third-order valence-corrected chi connectivity index (χ3v) is 5.19. The van der Waals surface area contributed by atoms with E-state index in [1.54, 1.807) is 11.3 Å². The summed E-state index contributed by atoms with van der Waals surface area (Å²) in [6.45, 7) is 7.36.